The van der Waals surface area contributed by atoms with E-state index in [9.17, 15) is 9.50 Å². The van der Waals surface area contributed by atoms with E-state index in [1.54, 1.807) is 12.1 Å². The topological polar surface area (TPSA) is 44.0 Å². The lowest BCUT2D eigenvalue weighted by atomic mass is 9.80. The highest BCUT2D eigenvalue weighted by atomic mass is 32.2. The normalized spacial score (nSPS) is 32.6. The summed E-state index contributed by atoms with van der Waals surface area (Å²) >= 11 is 1.99. The number of nitrogens with zero attached hydrogens (tertiary/aromatic N) is 1. The number of rotatable bonds is 2. The van der Waals surface area contributed by atoms with Crippen molar-refractivity contribution in [1.82, 2.24) is 0 Å². The minimum absolute atomic E-state index is 0.0750. The number of nitriles is 1. The maximum Gasteiger partial charge on any atom is 0.127 e. The molecule has 3 rings (SSSR count). The van der Waals surface area contributed by atoms with Crippen molar-refractivity contribution in [3.05, 3.63) is 35.1 Å². The summed E-state index contributed by atoms with van der Waals surface area (Å²) in [6, 6.07) is 6.82. The maximum absolute atomic E-state index is 14.0. The van der Waals surface area contributed by atoms with Gasteiger partial charge >= 0.3 is 0 Å². The molecular weight excluding hydrogens is 273 g/mol. The molecule has 2 bridgehead atoms. The van der Waals surface area contributed by atoms with Crippen molar-refractivity contribution in [1.29, 1.82) is 5.26 Å². The fourth-order valence-electron chi connectivity index (χ4n) is 3.42. The summed E-state index contributed by atoms with van der Waals surface area (Å²) in [5.41, 5.74) is 0.187. The number of aliphatic hydroxyl groups is 1. The zero-order valence-electron chi connectivity index (χ0n) is 11.3. The average molecular weight is 291 g/mol. The number of hydrogen-bond acceptors (Lipinski definition) is 3. The molecule has 0 aliphatic carbocycles. The maximum atomic E-state index is 14.0. The molecule has 2 heterocycles. The van der Waals surface area contributed by atoms with E-state index in [1.807, 2.05) is 17.8 Å². The molecule has 2 nitrogen and oxygen atoms in total. The van der Waals surface area contributed by atoms with Crippen molar-refractivity contribution in [2.45, 2.75) is 54.6 Å². The summed E-state index contributed by atoms with van der Waals surface area (Å²) in [7, 11) is 0. The van der Waals surface area contributed by atoms with Gasteiger partial charge in [-0.1, -0.05) is 18.6 Å². The van der Waals surface area contributed by atoms with E-state index in [0.29, 0.717) is 34.5 Å². The lowest BCUT2D eigenvalue weighted by Crippen LogP contribution is -2.40. The fourth-order valence-corrected chi connectivity index (χ4v) is 5.31. The lowest BCUT2D eigenvalue weighted by molar-refractivity contribution is 0.00784. The number of benzene rings is 1. The molecule has 0 aromatic heterocycles. The van der Waals surface area contributed by atoms with Crippen LogP contribution in [0.2, 0.25) is 0 Å². The first-order valence-corrected chi connectivity index (χ1v) is 8.09. The largest absolute Gasteiger partial charge is 0.385 e. The molecule has 2 aliphatic heterocycles. The lowest BCUT2D eigenvalue weighted by Gasteiger charge is -2.44. The predicted molar refractivity (Wildman–Crippen MR) is 77.9 cm³/mol. The van der Waals surface area contributed by atoms with Gasteiger partial charge in [0.2, 0.25) is 0 Å². The van der Waals surface area contributed by atoms with Crippen molar-refractivity contribution in [3.63, 3.8) is 0 Å². The Morgan fingerprint density at radius 2 is 2.05 bits per heavy atom. The zero-order chi connectivity index (χ0) is 14.2. The van der Waals surface area contributed by atoms with Gasteiger partial charge in [-0.05, 0) is 37.3 Å². The quantitative estimate of drug-likeness (QED) is 0.906. The molecule has 2 atom stereocenters. The van der Waals surface area contributed by atoms with Gasteiger partial charge in [0.15, 0.2) is 0 Å². The molecule has 0 amide bonds. The minimum Gasteiger partial charge on any atom is -0.385 e. The smallest absolute Gasteiger partial charge is 0.127 e. The van der Waals surface area contributed by atoms with E-state index in [-0.39, 0.29) is 12.2 Å². The monoisotopic (exact) mass is 291 g/mol. The third-order valence-electron chi connectivity index (χ3n) is 4.43. The molecule has 20 heavy (non-hydrogen) atoms. The Hall–Kier alpha value is -1.05. The molecule has 2 saturated heterocycles. The van der Waals surface area contributed by atoms with Crippen LogP contribution in [0.4, 0.5) is 4.39 Å². The van der Waals surface area contributed by atoms with Crippen LogP contribution < -0.4 is 0 Å². The van der Waals surface area contributed by atoms with Gasteiger partial charge in [0.25, 0.3) is 0 Å². The van der Waals surface area contributed by atoms with Gasteiger partial charge in [-0.15, -0.1) is 0 Å². The van der Waals surface area contributed by atoms with Crippen molar-refractivity contribution >= 4 is 11.8 Å². The van der Waals surface area contributed by atoms with Crippen LogP contribution in [0.25, 0.3) is 0 Å². The van der Waals surface area contributed by atoms with Gasteiger partial charge in [-0.25, -0.2) is 4.39 Å². The van der Waals surface area contributed by atoms with Gasteiger partial charge in [0.05, 0.1) is 18.1 Å². The van der Waals surface area contributed by atoms with Crippen LogP contribution in [0.3, 0.4) is 0 Å². The van der Waals surface area contributed by atoms with Crippen LogP contribution in [0.5, 0.6) is 0 Å². The molecule has 2 unspecified atom stereocenters. The van der Waals surface area contributed by atoms with Crippen molar-refractivity contribution < 1.29 is 9.50 Å². The van der Waals surface area contributed by atoms with Crippen LogP contribution in [-0.2, 0) is 12.0 Å². The number of fused-ring (bicyclic) bond motifs is 2. The van der Waals surface area contributed by atoms with E-state index in [0.717, 1.165) is 12.8 Å². The standard InChI is InChI=1S/C16H18FNOS/c17-15-8-12(5-4-11(15)6-7-18)16(19)9-13-2-1-3-14(10-16)20-13/h4-5,8,13-14,19H,1-3,6,9-10H2. The predicted octanol–water partition coefficient (Wildman–Crippen LogP) is 3.53. The molecular formula is C16H18FNOS. The molecule has 0 radical (unpaired) electrons. The summed E-state index contributed by atoms with van der Waals surface area (Å²) in [5.74, 6) is -0.374. The van der Waals surface area contributed by atoms with Gasteiger partial charge in [-0.3, -0.25) is 0 Å². The summed E-state index contributed by atoms with van der Waals surface area (Å²) in [4.78, 5) is 0. The van der Waals surface area contributed by atoms with Gasteiger partial charge in [0, 0.05) is 16.1 Å². The second-order valence-corrected chi connectivity index (χ2v) is 7.50. The van der Waals surface area contributed by atoms with E-state index in [4.69, 9.17) is 5.26 Å². The number of halogens is 1. The summed E-state index contributed by atoms with van der Waals surface area (Å²) in [5, 5.41) is 20.6. The molecule has 2 aliphatic rings. The van der Waals surface area contributed by atoms with Crippen LogP contribution in [0.15, 0.2) is 18.2 Å². The Bertz CT molecular complexity index is 542. The van der Waals surface area contributed by atoms with Crippen LogP contribution in [-0.4, -0.2) is 15.6 Å². The van der Waals surface area contributed by atoms with Crippen LogP contribution >= 0.6 is 11.8 Å². The van der Waals surface area contributed by atoms with Crippen molar-refractivity contribution in [2.75, 3.05) is 0 Å². The first-order chi connectivity index (χ1) is 9.60. The first kappa shape index (κ1) is 13.9. The molecule has 1 aromatic carbocycles. The highest BCUT2D eigenvalue weighted by molar-refractivity contribution is 8.00. The number of hydrogen-bond donors (Lipinski definition) is 1. The van der Waals surface area contributed by atoms with Crippen molar-refractivity contribution in [3.8, 4) is 6.07 Å². The second kappa shape index (κ2) is 5.38. The Kier molecular flexibility index (Phi) is 3.74. The highest BCUT2D eigenvalue weighted by Crippen LogP contribution is 2.49. The Balaban J connectivity index is 1.88. The van der Waals surface area contributed by atoms with Gasteiger partial charge in [0.1, 0.15) is 5.82 Å². The Labute approximate surface area is 123 Å². The summed E-state index contributed by atoms with van der Waals surface area (Å²) in [6.45, 7) is 0. The third-order valence-corrected chi connectivity index (χ3v) is 6.00. The van der Waals surface area contributed by atoms with Gasteiger partial charge < -0.3 is 5.11 Å². The zero-order valence-corrected chi connectivity index (χ0v) is 12.1. The second-order valence-electron chi connectivity index (χ2n) is 5.89. The van der Waals surface area contributed by atoms with E-state index >= 15 is 0 Å². The molecule has 0 saturated carbocycles. The van der Waals surface area contributed by atoms with Crippen LogP contribution in [0, 0.1) is 17.1 Å². The Morgan fingerprint density at radius 1 is 1.35 bits per heavy atom. The van der Waals surface area contributed by atoms with E-state index in [2.05, 4.69) is 0 Å². The SMILES string of the molecule is N#CCc1ccc(C2(O)CC3CCCC(C2)S3)cc1F. The molecule has 4 heteroatoms. The molecule has 0 spiro atoms. The third kappa shape index (κ3) is 2.57. The molecule has 2 fully saturated rings. The average Bonchev–Trinajstić information content (AvgIpc) is 2.40. The Morgan fingerprint density at radius 3 is 2.65 bits per heavy atom. The van der Waals surface area contributed by atoms with Crippen molar-refractivity contribution in [2.24, 2.45) is 0 Å². The minimum atomic E-state index is -0.896. The van der Waals surface area contributed by atoms with E-state index < -0.39 is 5.60 Å². The number of thioether (sulfide) groups is 1. The first-order valence-electron chi connectivity index (χ1n) is 7.14. The van der Waals surface area contributed by atoms with Gasteiger partial charge in [-0.2, -0.15) is 17.0 Å². The highest BCUT2D eigenvalue weighted by Gasteiger charge is 2.42. The molecule has 106 valence electrons. The molecule has 1 aromatic rings. The van der Waals surface area contributed by atoms with E-state index in [1.165, 1.54) is 12.5 Å². The summed E-state index contributed by atoms with van der Waals surface area (Å²) in [6.07, 6.45) is 5.05. The molecule has 1 N–H and O–H groups in total. The van der Waals surface area contributed by atoms with Crippen LogP contribution in [0.1, 0.15) is 43.2 Å². The summed E-state index contributed by atoms with van der Waals surface area (Å²) < 4.78 is 14.0. The fraction of sp³-hybridized carbons (Fsp3) is 0.562.